The van der Waals surface area contributed by atoms with Crippen LogP contribution in [0.15, 0.2) is 0 Å². The fourth-order valence-electron chi connectivity index (χ4n) is 2.86. The van der Waals surface area contributed by atoms with Crippen LogP contribution >= 0.6 is 11.6 Å². The SMILES string of the molecule is CN1C2CC3CC1C(O3)C2Cl. The molecule has 0 saturated carbocycles. The first kappa shape index (κ1) is 6.70. The highest BCUT2D eigenvalue weighted by Crippen LogP contribution is 2.46. The summed E-state index contributed by atoms with van der Waals surface area (Å²) in [5, 5.41) is 0.253. The summed E-state index contributed by atoms with van der Waals surface area (Å²) in [6.07, 6.45) is 3.23. The van der Waals surface area contributed by atoms with E-state index in [4.69, 9.17) is 16.3 Å². The van der Waals surface area contributed by atoms with E-state index in [1.54, 1.807) is 0 Å². The molecule has 4 aliphatic rings. The van der Waals surface area contributed by atoms with Crippen molar-refractivity contribution in [3.8, 4) is 0 Å². The van der Waals surface area contributed by atoms with E-state index >= 15 is 0 Å². The van der Waals surface area contributed by atoms with E-state index < -0.39 is 0 Å². The zero-order chi connectivity index (χ0) is 7.59. The Bertz CT molecular complexity index is 177. The molecule has 0 amide bonds. The summed E-state index contributed by atoms with van der Waals surface area (Å²) in [6, 6.07) is 1.22. The van der Waals surface area contributed by atoms with Crippen molar-refractivity contribution in [3.05, 3.63) is 0 Å². The van der Waals surface area contributed by atoms with E-state index in [0.717, 1.165) is 6.42 Å². The van der Waals surface area contributed by atoms with Gasteiger partial charge in [0.15, 0.2) is 0 Å². The summed E-state index contributed by atoms with van der Waals surface area (Å²) in [7, 11) is 2.18. The average molecular weight is 174 g/mol. The third-order valence-electron chi connectivity index (χ3n) is 3.47. The first-order valence-corrected chi connectivity index (χ1v) is 4.72. The van der Waals surface area contributed by atoms with E-state index in [1.165, 1.54) is 6.42 Å². The van der Waals surface area contributed by atoms with Crippen LogP contribution in [0.2, 0.25) is 0 Å². The lowest BCUT2D eigenvalue weighted by molar-refractivity contribution is 0.00816. The van der Waals surface area contributed by atoms with E-state index in [9.17, 15) is 0 Å². The summed E-state index contributed by atoms with van der Waals surface area (Å²) in [4.78, 5) is 2.41. The minimum absolute atomic E-state index is 0.253. The highest BCUT2D eigenvalue weighted by molar-refractivity contribution is 6.22. The van der Waals surface area contributed by atoms with Gasteiger partial charge < -0.3 is 4.74 Å². The van der Waals surface area contributed by atoms with Crippen molar-refractivity contribution in [1.29, 1.82) is 0 Å². The van der Waals surface area contributed by atoms with Gasteiger partial charge in [0.25, 0.3) is 0 Å². The Morgan fingerprint density at radius 1 is 1.36 bits per heavy atom. The summed E-state index contributed by atoms with van der Waals surface area (Å²) in [5.74, 6) is 0. The van der Waals surface area contributed by atoms with Gasteiger partial charge in [0.05, 0.1) is 17.6 Å². The molecule has 11 heavy (non-hydrogen) atoms. The van der Waals surface area contributed by atoms with Gasteiger partial charge in [-0.3, -0.25) is 4.90 Å². The first-order chi connectivity index (χ1) is 5.27. The molecule has 4 rings (SSSR count). The lowest BCUT2D eigenvalue weighted by Crippen LogP contribution is -2.42. The molecule has 4 heterocycles. The minimum Gasteiger partial charge on any atom is -0.372 e. The van der Waals surface area contributed by atoms with E-state index in [2.05, 4.69) is 11.9 Å². The monoisotopic (exact) mass is 173 g/mol. The molecule has 0 aromatic carbocycles. The topological polar surface area (TPSA) is 12.5 Å². The molecule has 4 fully saturated rings. The van der Waals surface area contributed by atoms with Crippen molar-refractivity contribution < 1.29 is 4.74 Å². The van der Waals surface area contributed by atoms with Crippen LogP contribution in [0, 0.1) is 0 Å². The molecule has 5 unspecified atom stereocenters. The summed E-state index contributed by atoms with van der Waals surface area (Å²) < 4.78 is 5.76. The molecule has 0 aliphatic carbocycles. The number of likely N-dealkylation sites (N-methyl/N-ethyl adjacent to an activating group) is 1. The highest BCUT2D eigenvalue weighted by atomic mass is 35.5. The number of ether oxygens (including phenoxy) is 1. The zero-order valence-electron chi connectivity index (χ0n) is 6.53. The van der Waals surface area contributed by atoms with E-state index in [-0.39, 0.29) is 5.38 Å². The van der Waals surface area contributed by atoms with Crippen LogP contribution in [-0.4, -0.2) is 41.6 Å². The number of rotatable bonds is 0. The quantitative estimate of drug-likeness (QED) is 0.504. The number of alkyl halides is 1. The normalized spacial score (nSPS) is 61.1. The molecule has 0 N–H and O–H groups in total. The van der Waals surface area contributed by atoms with Crippen LogP contribution in [0.1, 0.15) is 12.8 Å². The van der Waals surface area contributed by atoms with Crippen LogP contribution in [0.4, 0.5) is 0 Å². The van der Waals surface area contributed by atoms with Crippen LogP contribution in [0.25, 0.3) is 0 Å². The third-order valence-corrected chi connectivity index (χ3v) is 4.00. The van der Waals surface area contributed by atoms with Gasteiger partial charge >= 0.3 is 0 Å². The maximum absolute atomic E-state index is 6.23. The van der Waals surface area contributed by atoms with E-state index in [0.29, 0.717) is 24.3 Å². The van der Waals surface area contributed by atoms with Crippen molar-refractivity contribution in [1.82, 2.24) is 4.90 Å². The Labute approximate surface area is 71.5 Å². The molecule has 0 aromatic heterocycles. The summed E-state index contributed by atoms with van der Waals surface area (Å²) in [5.41, 5.74) is 0. The Kier molecular flexibility index (Phi) is 1.17. The molecule has 2 nitrogen and oxygen atoms in total. The predicted octanol–water partition coefficient (Wildman–Crippen LogP) is 0.838. The second-order valence-corrected chi connectivity index (χ2v) is 4.44. The van der Waals surface area contributed by atoms with Crippen molar-refractivity contribution in [3.63, 3.8) is 0 Å². The molecular weight excluding hydrogens is 162 g/mol. The second kappa shape index (κ2) is 1.93. The molecule has 5 atom stereocenters. The number of nitrogens with zero attached hydrogens (tertiary/aromatic N) is 1. The summed E-state index contributed by atoms with van der Waals surface area (Å²) >= 11 is 6.23. The van der Waals surface area contributed by atoms with Gasteiger partial charge in [0.1, 0.15) is 0 Å². The van der Waals surface area contributed by atoms with Crippen molar-refractivity contribution in [2.24, 2.45) is 0 Å². The number of halogens is 1. The number of piperidine rings is 1. The number of hydrogen-bond acceptors (Lipinski definition) is 2. The Morgan fingerprint density at radius 2 is 2.09 bits per heavy atom. The van der Waals surface area contributed by atoms with Crippen LogP contribution in [0.5, 0.6) is 0 Å². The van der Waals surface area contributed by atoms with Crippen LogP contribution in [-0.2, 0) is 4.74 Å². The van der Waals surface area contributed by atoms with E-state index in [1.807, 2.05) is 0 Å². The fourth-order valence-corrected chi connectivity index (χ4v) is 3.37. The fraction of sp³-hybridized carbons (Fsp3) is 1.00. The zero-order valence-corrected chi connectivity index (χ0v) is 7.29. The number of hydrogen-bond donors (Lipinski definition) is 0. The van der Waals surface area contributed by atoms with Crippen LogP contribution < -0.4 is 0 Å². The standard InChI is InChI=1S/C8H12ClNO/c1-10-5-2-4-3-6(10)8(11-4)7(5)9/h4-8H,2-3H2,1H3. The van der Waals surface area contributed by atoms with Crippen molar-refractivity contribution >= 4 is 11.6 Å². The molecule has 4 aliphatic heterocycles. The lowest BCUT2D eigenvalue weighted by atomic mass is 10.0. The molecule has 0 radical (unpaired) electrons. The maximum Gasteiger partial charge on any atom is 0.0913 e. The summed E-state index contributed by atoms with van der Waals surface area (Å²) in [6.45, 7) is 0. The first-order valence-electron chi connectivity index (χ1n) is 4.29. The third kappa shape index (κ3) is 0.663. The lowest BCUT2D eigenvalue weighted by Gasteiger charge is -2.33. The maximum atomic E-state index is 6.23. The minimum atomic E-state index is 0.253. The van der Waals surface area contributed by atoms with Gasteiger partial charge in [0.2, 0.25) is 0 Å². The molecule has 4 bridgehead atoms. The molecular formula is C8H12ClNO. The smallest absolute Gasteiger partial charge is 0.0913 e. The van der Waals surface area contributed by atoms with Crippen molar-refractivity contribution in [2.45, 2.75) is 42.5 Å². The highest BCUT2D eigenvalue weighted by Gasteiger charge is 2.57. The van der Waals surface area contributed by atoms with Gasteiger partial charge in [-0.2, -0.15) is 0 Å². The molecule has 0 aromatic rings. The van der Waals surface area contributed by atoms with Gasteiger partial charge in [-0.15, -0.1) is 11.6 Å². The molecule has 3 heteroatoms. The van der Waals surface area contributed by atoms with Gasteiger partial charge in [-0.25, -0.2) is 0 Å². The Balaban J connectivity index is 2.00. The van der Waals surface area contributed by atoms with Crippen LogP contribution in [0.3, 0.4) is 0 Å². The average Bonchev–Trinajstić information content (AvgIpc) is 2.39. The molecule has 4 saturated heterocycles. The molecule has 0 spiro atoms. The predicted molar refractivity (Wildman–Crippen MR) is 42.9 cm³/mol. The Morgan fingerprint density at radius 3 is 2.73 bits per heavy atom. The van der Waals surface area contributed by atoms with Gasteiger partial charge in [-0.1, -0.05) is 0 Å². The van der Waals surface area contributed by atoms with Gasteiger partial charge in [-0.05, 0) is 19.9 Å². The Hall–Kier alpha value is 0.210. The van der Waals surface area contributed by atoms with Gasteiger partial charge in [0, 0.05) is 12.1 Å². The second-order valence-electron chi connectivity index (χ2n) is 3.94. The van der Waals surface area contributed by atoms with Crippen molar-refractivity contribution in [2.75, 3.05) is 7.05 Å². The largest absolute Gasteiger partial charge is 0.372 e. The molecule has 62 valence electrons.